The van der Waals surface area contributed by atoms with Crippen LogP contribution in [0, 0.1) is 11.3 Å². The van der Waals surface area contributed by atoms with Crippen LogP contribution >= 0.6 is 11.3 Å². The summed E-state index contributed by atoms with van der Waals surface area (Å²) in [4.78, 5) is 17.2. The van der Waals surface area contributed by atoms with Gasteiger partial charge in [0.15, 0.2) is 0 Å². The lowest BCUT2D eigenvalue weighted by Gasteiger charge is -2.26. The van der Waals surface area contributed by atoms with Gasteiger partial charge in [-0.25, -0.2) is 0 Å². The summed E-state index contributed by atoms with van der Waals surface area (Å²) in [5, 5.41) is 10.6. The van der Waals surface area contributed by atoms with E-state index in [9.17, 15) is 4.79 Å². The molecular formula is C15H23N3OS. The summed E-state index contributed by atoms with van der Waals surface area (Å²) in [5.41, 5.74) is 0. The molecule has 0 saturated heterocycles. The van der Waals surface area contributed by atoms with E-state index < -0.39 is 0 Å². The predicted octanol–water partition coefficient (Wildman–Crippen LogP) is 2.72. The van der Waals surface area contributed by atoms with Crippen molar-refractivity contribution in [2.45, 2.75) is 39.3 Å². The quantitative estimate of drug-likeness (QED) is 0.740. The standard InChI is InChI=1S/C15H23N3OS/c1-13(2)18(12-14-6-4-11-20-14)10-7-15(19)17(3)9-5-8-16/h4,6,11,13H,5,7,9-10,12H2,1-3H3. The van der Waals surface area contributed by atoms with Crippen LogP contribution in [0.1, 0.15) is 31.6 Å². The molecule has 0 saturated carbocycles. The molecule has 1 heterocycles. The highest BCUT2D eigenvalue weighted by molar-refractivity contribution is 7.09. The molecule has 0 aliphatic carbocycles. The van der Waals surface area contributed by atoms with E-state index >= 15 is 0 Å². The number of nitrogens with zero attached hydrogens (tertiary/aromatic N) is 3. The Bertz CT molecular complexity index is 436. The second-order valence-corrected chi connectivity index (χ2v) is 6.15. The number of rotatable bonds is 8. The Balaban J connectivity index is 2.43. The molecule has 0 atom stereocenters. The van der Waals surface area contributed by atoms with Crippen molar-refractivity contribution in [1.82, 2.24) is 9.80 Å². The minimum atomic E-state index is 0.108. The van der Waals surface area contributed by atoms with Crippen molar-refractivity contribution in [1.29, 1.82) is 5.26 Å². The van der Waals surface area contributed by atoms with Gasteiger partial charge in [0.25, 0.3) is 0 Å². The first-order valence-electron chi connectivity index (χ1n) is 6.92. The average Bonchev–Trinajstić information content (AvgIpc) is 2.92. The van der Waals surface area contributed by atoms with E-state index in [2.05, 4.69) is 42.3 Å². The Morgan fingerprint density at radius 1 is 1.45 bits per heavy atom. The van der Waals surface area contributed by atoms with Crippen LogP contribution in [-0.2, 0) is 11.3 Å². The minimum absolute atomic E-state index is 0.108. The smallest absolute Gasteiger partial charge is 0.223 e. The molecule has 4 nitrogen and oxygen atoms in total. The van der Waals surface area contributed by atoms with Crippen molar-refractivity contribution in [2.24, 2.45) is 0 Å². The first-order chi connectivity index (χ1) is 9.54. The largest absolute Gasteiger partial charge is 0.345 e. The number of carbonyl (C=O) groups is 1. The van der Waals surface area contributed by atoms with Gasteiger partial charge in [0.1, 0.15) is 0 Å². The van der Waals surface area contributed by atoms with E-state index in [1.165, 1.54) is 4.88 Å². The topological polar surface area (TPSA) is 47.3 Å². The molecule has 0 N–H and O–H groups in total. The molecule has 0 aliphatic heterocycles. The zero-order chi connectivity index (χ0) is 15.0. The zero-order valence-electron chi connectivity index (χ0n) is 12.5. The summed E-state index contributed by atoms with van der Waals surface area (Å²) in [7, 11) is 1.76. The highest BCUT2D eigenvalue weighted by Crippen LogP contribution is 2.14. The number of nitriles is 1. The molecule has 1 rings (SSSR count). The van der Waals surface area contributed by atoms with Crippen LogP contribution in [0.2, 0.25) is 0 Å². The molecule has 0 aliphatic rings. The number of carbonyl (C=O) groups excluding carboxylic acids is 1. The molecule has 0 radical (unpaired) electrons. The summed E-state index contributed by atoms with van der Waals surface area (Å²) in [5.74, 6) is 0.108. The van der Waals surface area contributed by atoms with Crippen molar-refractivity contribution in [3.8, 4) is 6.07 Å². The van der Waals surface area contributed by atoms with Gasteiger partial charge in [-0.2, -0.15) is 5.26 Å². The van der Waals surface area contributed by atoms with Crippen LogP contribution in [0.3, 0.4) is 0 Å². The van der Waals surface area contributed by atoms with Crippen LogP contribution in [0.15, 0.2) is 17.5 Å². The van der Waals surface area contributed by atoms with E-state index in [0.29, 0.717) is 25.4 Å². The van der Waals surface area contributed by atoms with Gasteiger partial charge in [-0.3, -0.25) is 9.69 Å². The third-order valence-electron chi connectivity index (χ3n) is 3.27. The van der Waals surface area contributed by atoms with Crippen molar-refractivity contribution < 1.29 is 4.79 Å². The van der Waals surface area contributed by atoms with Gasteiger partial charge in [-0.1, -0.05) is 6.07 Å². The summed E-state index contributed by atoms with van der Waals surface area (Å²) < 4.78 is 0. The van der Waals surface area contributed by atoms with E-state index in [0.717, 1.165) is 13.1 Å². The van der Waals surface area contributed by atoms with E-state index in [4.69, 9.17) is 5.26 Å². The van der Waals surface area contributed by atoms with E-state index in [-0.39, 0.29) is 5.91 Å². The molecule has 0 bridgehead atoms. The third kappa shape index (κ3) is 5.72. The molecule has 5 heteroatoms. The molecule has 1 aromatic rings. The second-order valence-electron chi connectivity index (χ2n) is 5.12. The van der Waals surface area contributed by atoms with Crippen LogP contribution < -0.4 is 0 Å². The fourth-order valence-electron chi connectivity index (χ4n) is 1.90. The van der Waals surface area contributed by atoms with Crippen LogP contribution in [-0.4, -0.2) is 41.9 Å². The van der Waals surface area contributed by atoms with Crippen molar-refractivity contribution in [2.75, 3.05) is 20.1 Å². The maximum absolute atomic E-state index is 12.0. The first-order valence-corrected chi connectivity index (χ1v) is 7.80. The molecule has 0 aromatic carbocycles. The van der Waals surface area contributed by atoms with Crippen molar-refractivity contribution in [3.05, 3.63) is 22.4 Å². The molecule has 1 amide bonds. The fourth-order valence-corrected chi connectivity index (χ4v) is 2.62. The average molecular weight is 293 g/mol. The second kappa shape index (κ2) is 8.72. The predicted molar refractivity (Wildman–Crippen MR) is 82.3 cm³/mol. The Hall–Kier alpha value is -1.38. The molecule has 0 unspecified atom stereocenters. The number of amides is 1. The van der Waals surface area contributed by atoms with E-state index in [1.54, 1.807) is 23.3 Å². The summed E-state index contributed by atoms with van der Waals surface area (Å²) in [6.45, 7) is 6.46. The van der Waals surface area contributed by atoms with Crippen molar-refractivity contribution >= 4 is 17.2 Å². The molecule has 0 spiro atoms. The fraction of sp³-hybridized carbons (Fsp3) is 0.600. The van der Waals surface area contributed by atoms with Gasteiger partial charge in [0, 0.05) is 44.0 Å². The van der Waals surface area contributed by atoms with Crippen LogP contribution in [0.25, 0.3) is 0 Å². The first kappa shape index (κ1) is 16.7. The van der Waals surface area contributed by atoms with Gasteiger partial charge < -0.3 is 4.90 Å². The molecule has 110 valence electrons. The summed E-state index contributed by atoms with van der Waals surface area (Å²) in [6.07, 6.45) is 0.900. The number of thiophene rings is 1. The Morgan fingerprint density at radius 2 is 2.20 bits per heavy atom. The summed E-state index contributed by atoms with van der Waals surface area (Å²) in [6, 6.07) is 6.66. The highest BCUT2D eigenvalue weighted by Gasteiger charge is 2.14. The van der Waals surface area contributed by atoms with Crippen LogP contribution in [0.5, 0.6) is 0 Å². The maximum atomic E-state index is 12.0. The molecular weight excluding hydrogens is 270 g/mol. The van der Waals surface area contributed by atoms with Gasteiger partial charge in [-0.05, 0) is 25.3 Å². The zero-order valence-corrected chi connectivity index (χ0v) is 13.3. The normalized spacial score (nSPS) is 10.8. The molecule has 1 aromatic heterocycles. The lowest BCUT2D eigenvalue weighted by molar-refractivity contribution is -0.130. The third-order valence-corrected chi connectivity index (χ3v) is 4.13. The van der Waals surface area contributed by atoms with Gasteiger partial charge in [-0.15, -0.1) is 11.3 Å². The number of hydrogen-bond donors (Lipinski definition) is 0. The summed E-state index contributed by atoms with van der Waals surface area (Å²) >= 11 is 1.75. The van der Waals surface area contributed by atoms with E-state index in [1.807, 2.05) is 0 Å². The Morgan fingerprint density at radius 3 is 2.75 bits per heavy atom. The molecule has 20 heavy (non-hydrogen) atoms. The maximum Gasteiger partial charge on any atom is 0.223 e. The lowest BCUT2D eigenvalue weighted by atomic mass is 10.2. The lowest BCUT2D eigenvalue weighted by Crippen LogP contribution is -2.35. The Labute approximate surface area is 125 Å². The van der Waals surface area contributed by atoms with Gasteiger partial charge >= 0.3 is 0 Å². The Kier molecular flexibility index (Phi) is 7.27. The monoisotopic (exact) mass is 293 g/mol. The van der Waals surface area contributed by atoms with Gasteiger partial charge in [0.2, 0.25) is 5.91 Å². The minimum Gasteiger partial charge on any atom is -0.345 e. The van der Waals surface area contributed by atoms with Gasteiger partial charge in [0.05, 0.1) is 12.5 Å². The molecule has 0 fully saturated rings. The SMILES string of the molecule is CC(C)N(CCC(=O)N(C)CCC#N)Cc1cccs1. The highest BCUT2D eigenvalue weighted by atomic mass is 32.1. The van der Waals surface area contributed by atoms with Crippen molar-refractivity contribution in [3.63, 3.8) is 0 Å². The number of hydrogen-bond acceptors (Lipinski definition) is 4. The van der Waals surface area contributed by atoms with Crippen LogP contribution in [0.4, 0.5) is 0 Å².